The molecule has 3 rings (SSSR count). The predicted octanol–water partition coefficient (Wildman–Crippen LogP) is 4.59. The van der Waals surface area contributed by atoms with Gasteiger partial charge >= 0.3 is 5.97 Å². The summed E-state index contributed by atoms with van der Waals surface area (Å²) >= 11 is 0. The summed E-state index contributed by atoms with van der Waals surface area (Å²) in [5, 5.41) is 6.86. The molecule has 0 bridgehead atoms. The van der Waals surface area contributed by atoms with Crippen LogP contribution in [0.1, 0.15) is 40.8 Å². The number of aryl methyl sites for hydroxylation is 4. The molecule has 0 aliphatic heterocycles. The number of esters is 1. The van der Waals surface area contributed by atoms with Gasteiger partial charge in [-0.1, -0.05) is 17.3 Å². The number of hydrogen-bond donors (Lipinski definition) is 1. The largest absolute Gasteiger partial charge is 0.449 e. The lowest BCUT2D eigenvalue weighted by Gasteiger charge is -2.14. The molecule has 2 heterocycles. The van der Waals surface area contributed by atoms with Gasteiger partial charge in [0.15, 0.2) is 11.9 Å². The van der Waals surface area contributed by atoms with Crippen molar-refractivity contribution in [2.75, 3.05) is 5.32 Å². The molecule has 31 heavy (non-hydrogen) atoms. The average molecular weight is 421 g/mol. The van der Waals surface area contributed by atoms with Gasteiger partial charge in [0.2, 0.25) is 0 Å². The molecule has 1 aromatic carbocycles. The van der Waals surface area contributed by atoms with Crippen molar-refractivity contribution in [2.45, 2.75) is 47.6 Å². The smallest absolute Gasteiger partial charge is 0.331 e. The Labute approximate surface area is 181 Å². The van der Waals surface area contributed by atoms with Gasteiger partial charge in [0.1, 0.15) is 5.76 Å². The van der Waals surface area contributed by atoms with Crippen molar-refractivity contribution < 1.29 is 18.8 Å². The zero-order chi connectivity index (χ0) is 22.7. The molecule has 7 nitrogen and oxygen atoms in total. The molecule has 1 N–H and O–H groups in total. The van der Waals surface area contributed by atoms with Crippen LogP contribution in [0.25, 0.3) is 11.9 Å². The molecule has 0 aliphatic carbocycles. The van der Waals surface area contributed by atoms with Crippen LogP contribution in [0, 0.1) is 34.6 Å². The molecule has 7 heteroatoms. The van der Waals surface area contributed by atoms with Crippen LogP contribution in [0.4, 0.5) is 5.69 Å². The van der Waals surface area contributed by atoms with Gasteiger partial charge < -0.3 is 14.6 Å². The first-order valence-electron chi connectivity index (χ1n) is 10.0. The average Bonchev–Trinajstić information content (AvgIpc) is 3.25. The van der Waals surface area contributed by atoms with Crippen LogP contribution in [0.15, 0.2) is 40.9 Å². The highest BCUT2D eigenvalue weighted by molar-refractivity contribution is 5.97. The minimum atomic E-state index is -0.928. The Hall–Kier alpha value is -3.61. The van der Waals surface area contributed by atoms with E-state index in [0.29, 0.717) is 11.5 Å². The number of ether oxygens (including phenoxy) is 1. The Balaban J connectivity index is 1.65. The van der Waals surface area contributed by atoms with Gasteiger partial charge in [0, 0.05) is 29.2 Å². The molecule has 0 saturated carbocycles. The number of nitrogens with one attached hydrogen (secondary N) is 1. The van der Waals surface area contributed by atoms with Crippen molar-refractivity contribution >= 4 is 23.6 Å². The van der Waals surface area contributed by atoms with E-state index in [1.807, 2.05) is 69.5 Å². The second-order valence-electron chi connectivity index (χ2n) is 7.68. The van der Waals surface area contributed by atoms with Crippen LogP contribution in [0.2, 0.25) is 0 Å². The molecule has 3 aromatic rings. The van der Waals surface area contributed by atoms with Gasteiger partial charge in [-0.15, -0.1) is 0 Å². The standard InChI is InChI=1S/C24H27N3O4/c1-14-7-8-15(2)21(11-14)25-24(29)19(6)30-23(28)10-9-20-12-16(3)27(18(20)5)22-13-17(4)31-26-22/h7-13,19H,1-6H3,(H,25,29)/b10-9+/t19-/m1/s1. The molecule has 1 amide bonds. The quantitative estimate of drug-likeness (QED) is 0.465. The summed E-state index contributed by atoms with van der Waals surface area (Å²) in [6, 6.07) is 9.58. The van der Waals surface area contributed by atoms with E-state index >= 15 is 0 Å². The Morgan fingerprint density at radius 3 is 2.55 bits per heavy atom. The van der Waals surface area contributed by atoms with Gasteiger partial charge in [-0.05, 0) is 76.4 Å². The lowest BCUT2D eigenvalue weighted by Crippen LogP contribution is -2.29. The van der Waals surface area contributed by atoms with Gasteiger partial charge in [-0.3, -0.25) is 9.36 Å². The van der Waals surface area contributed by atoms with E-state index in [9.17, 15) is 9.59 Å². The van der Waals surface area contributed by atoms with E-state index in [0.717, 1.165) is 33.8 Å². The summed E-state index contributed by atoms with van der Waals surface area (Å²) in [7, 11) is 0. The van der Waals surface area contributed by atoms with E-state index in [1.165, 1.54) is 6.08 Å². The van der Waals surface area contributed by atoms with Gasteiger partial charge in [-0.25, -0.2) is 4.79 Å². The molecular formula is C24H27N3O4. The summed E-state index contributed by atoms with van der Waals surface area (Å²) in [5.41, 5.74) is 5.40. The monoisotopic (exact) mass is 421 g/mol. The minimum absolute atomic E-state index is 0.380. The van der Waals surface area contributed by atoms with Crippen LogP contribution in [0.3, 0.4) is 0 Å². The number of hydrogen-bond acceptors (Lipinski definition) is 5. The maximum atomic E-state index is 12.4. The molecule has 0 radical (unpaired) electrons. The first kappa shape index (κ1) is 22.1. The lowest BCUT2D eigenvalue weighted by atomic mass is 10.1. The third-order valence-corrected chi connectivity index (χ3v) is 5.03. The van der Waals surface area contributed by atoms with Crippen LogP contribution < -0.4 is 5.32 Å². The van der Waals surface area contributed by atoms with Gasteiger partial charge in [-0.2, -0.15) is 0 Å². The fourth-order valence-electron chi connectivity index (χ4n) is 3.30. The summed E-state index contributed by atoms with van der Waals surface area (Å²) in [5.74, 6) is 0.434. The Morgan fingerprint density at radius 2 is 1.87 bits per heavy atom. The summed E-state index contributed by atoms with van der Waals surface area (Å²) < 4.78 is 12.4. The molecular weight excluding hydrogens is 394 g/mol. The number of benzene rings is 1. The number of rotatable bonds is 6. The molecule has 0 aliphatic rings. The SMILES string of the molecule is Cc1ccc(C)c(NC(=O)[C@@H](C)OC(=O)/C=C/c2cc(C)n(-c3cc(C)on3)c2C)c1. The normalized spacial score (nSPS) is 12.2. The molecule has 0 unspecified atom stereocenters. The maximum absolute atomic E-state index is 12.4. The summed E-state index contributed by atoms with van der Waals surface area (Å²) in [6.07, 6.45) is 2.06. The lowest BCUT2D eigenvalue weighted by molar-refractivity contribution is -0.148. The fraction of sp³-hybridized carbons (Fsp3) is 0.292. The molecule has 162 valence electrons. The molecule has 2 aromatic heterocycles. The summed E-state index contributed by atoms with van der Waals surface area (Å²) in [4.78, 5) is 24.7. The van der Waals surface area contributed by atoms with E-state index in [4.69, 9.17) is 9.26 Å². The second kappa shape index (κ2) is 9.04. The summed E-state index contributed by atoms with van der Waals surface area (Å²) in [6.45, 7) is 11.1. The highest BCUT2D eigenvalue weighted by atomic mass is 16.5. The fourth-order valence-corrected chi connectivity index (χ4v) is 3.30. The number of amides is 1. The highest BCUT2D eigenvalue weighted by Crippen LogP contribution is 2.22. The van der Waals surface area contributed by atoms with Crippen molar-refractivity contribution in [3.05, 3.63) is 70.2 Å². The van der Waals surface area contributed by atoms with Crippen molar-refractivity contribution in [1.29, 1.82) is 0 Å². The molecule has 0 spiro atoms. The molecule has 1 atom stereocenters. The van der Waals surface area contributed by atoms with Crippen LogP contribution in [-0.4, -0.2) is 27.7 Å². The van der Waals surface area contributed by atoms with E-state index in [2.05, 4.69) is 10.5 Å². The third-order valence-electron chi connectivity index (χ3n) is 5.03. The van der Waals surface area contributed by atoms with Crippen molar-refractivity contribution in [3.8, 4) is 5.82 Å². The molecule has 0 saturated heterocycles. The maximum Gasteiger partial charge on any atom is 0.331 e. The Bertz CT molecular complexity index is 1150. The zero-order valence-corrected chi connectivity index (χ0v) is 18.6. The Kier molecular flexibility index (Phi) is 6.44. The number of anilines is 1. The third kappa shape index (κ3) is 5.12. The van der Waals surface area contributed by atoms with Crippen LogP contribution in [0.5, 0.6) is 0 Å². The van der Waals surface area contributed by atoms with E-state index in [-0.39, 0.29) is 5.91 Å². The van der Waals surface area contributed by atoms with E-state index < -0.39 is 12.1 Å². The molecule has 0 fully saturated rings. The highest BCUT2D eigenvalue weighted by Gasteiger charge is 2.18. The first-order valence-corrected chi connectivity index (χ1v) is 10.0. The van der Waals surface area contributed by atoms with Crippen molar-refractivity contribution in [3.63, 3.8) is 0 Å². The second-order valence-corrected chi connectivity index (χ2v) is 7.68. The minimum Gasteiger partial charge on any atom is -0.449 e. The van der Waals surface area contributed by atoms with Crippen LogP contribution in [-0.2, 0) is 14.3 Å². The first-order chi connectivity index (χ1) is 14.7. The predicted molar refractivity (Wildman–Crippen MR) is 119 cm³/mol. The Morgan fingerprint density at radius 1 is 1.13 bits per heavy atom. The zero-order valence-electron chi connectivity index (χ0n) is 18.6. The number of aromatic nitrogens is 2. The topological polar surface area (TPSA) is 86.4 Å². The van der Waals surface area contributed by atoms with Crippen molar-refractivity contribution in [1.82, 2.24) is 9.72 Å². The van der Waals surface area contributed by atoms with Gasteiger partial charge in [0.05, 0.1) is 0 Å². The number of nitrogens with zero attached hydrogens (tertiary/aromatic N) is 2. The van der Waals surface area contributed by atoms with E-state index in [1.54, 1.807) is 13.0 Å². The van der Waals surface area contributed by atoms with Crippen molar-refractivity contribution in [2.24, 2.45) is 0 Å². The van der Waals surface area contributed by atoms with Crippen LogP contribution >= 0.6 is 0 Å². The number of carbonyl (C=O) groups excluding carboxylic acids is 2. The van der Waals surface area contributed by atoms with Gasteiger partial charge in [0.25, 0.3) is 5.91 Å². The number of carbonyl (C=O) groups is 2.